The number of esters is 1. The molecule has 0 unspecified atom stereocenters. The summed E-state index contributed by atoms with van der Waals surface area (Å²) in [4.78, 5) is 13.7. The van der Waals surface area contributed by atoms with Crippen molar-refractivity contribution in [2.24, 2.45) is 0 Å². The molecule has 0 bridgehead atoms. The van der Waals surface area contributed by atoms with E-state index in [1.807, 2.05) is 11.9 Å². The Morgan fingerprint density at radius 1 is 1.40 bits per heavy atom. The molecule has 0 atom stereocenters. The molecule has 112 valence electrons. The molecule has 0 fully saturated rings. The first kappa shape index (κ1) is 16.6. The van der Waals surface area contributed by atoms with E-state index < -0.39 is 5.97 Å². The second-order valence-corrected chi connectivity index (χ2v) is 5.00. The summed E-state index contributed by atoms with van der Waals surface area (Å²) in [5, 5.41) is 9.19. The van der Waals surface area contributed by atoms with Crippen molar-refractivity contribution in [1.29, 1.82) is 0 Å². The topological polar surface area (TPSA) is 75.8 Å². The molecule has 0 aliphatic heterocycles. The Morgan fingerprint density at radius 3 is 2.70 bits per heavy atom. The number of halogens is 1. The number of aliphatic hydroxyl groups is 1. The van der Waals surface area contributed by atoms with Gasteiger partial charge in [-0.25, -0.2) is 4.79 Å². The zero-order chi connectivity index (χ0) is 15.1. The lowest BCUT2D eigenvalue weighted by atomic mass is 10.1. The first-order chi connectivity index (χ1) is 9.51. The van der Waals surface area contributed by atoms with Gasteiger partial charge >= 0.3 is 5.97 Å². The third-order valence-corrected chi connectivity index (χ3v) is 3.31. The van der Waals surface area contributed by atoms with Crippen molar-refractivity contribution < 1.29 is 14.6 Å². The van der Waals surface area contributed by atoms with Crippen LogP contribution in [0.4, 0.5) is 11.4 Å². The minimum Gasteiger partial charge on any atom is -0.465 e. The molecule has 0 saturated carbocycles. The standard InChI is InChI=1S/C14H21ClN2O3/c1-17(6-4-3-5-7-18)13-11(14(19)20-2)8-10(16)9-12(13)15/h8-9,18H,3-7,16H2,1-2H3. The third-order valence-electron chi connectivity index (χ3n) is 3.02. The molecule has 20 heavy (non-hydrogen) atoms. The lowest BCUT2D eigenvalue weighted by molar-refractivity contribution is 0.0601. The highest BCUT2D eigenvalue weighted by Gasteiger charge is 2.19. The lowest BCUT2D eigenvalue weighted by Crippen LogP contribution is -2.22. The second-order valence-electron chi connectivity index (χ2n) is 4.60. The molecule has 1 rings (SSSR count). The number of carbonyl (C=O) groups excluding carboxylic acids is 1. The summed E-state index contributed by atoms with van der Waals surface area (Å²) in [6.45, 7) is 0.924. The summed E-state index contributed by atoms with van der Waals surface area (Å²) in [7, 11) is 3.19. The van der Waals surface area contributed by atoms with Crippen LogP contribution in [0, 0.1) is 0 Å². The number of rotatable bonds is 7. The van der Waals surface area contributed by atoms with E-state index in [2.05, 4.69) is 0 Å². The molecule has 0 heterocycles. The number of benzene rings is 1. The molecule has 0 aromatic heterocycles. The predicted molar refractivity (Wildman–Crippen MR) is 81.4 cm³/mol. The van der Waals surface area contributed by atoms with Gasteiger partial charge in [-0.3, -0.25) is 0 Å². The second kappa shape index (κ2) is 7.97. The van der Waals surface area contributed by atoms with E-state index in [1.165, 1.54) is 7.11 Å². The van der Waals surface area contributed by atoms with Gasteiger partial charge in [0.2, 0.25) is 0 Å². The number of nitrogen functional groups attached to an aromatic ring is 1. The number of unbranched alkanes of at least 4 members (excludes halogenated alkanes) is 2. The van der Waals surface area contributed by atoms with E-state index >= 15 is 0 Å². The number of anilines is 2. The molecule has 0 amide bonds. The molecule has 1 aromatic rings. The van der Waals surface area contributed by atoms with Crippen LogP contribution >= 0.6 is 11.6 Å². The van der Waals surface area contributed by atoms with E-state index in [-0.39, 0.29) is 6.61 Å². The van der Waals surface area contributed by atoms with Gasteiger partial charge in [0, 0.05) is 25.9 Å². The molecule has 1 aromatic carbocycles. The van der Waals surface area contributed by atoms with Crippen molar-refractivity contribution >= 4 is 28.9 Å². The molecule has 0 aliphatic rings. The average Bonchev–Trinajstić information content (AvgIpc) is 2.41. The third kappa shape index (κ3) is 4.28. The summed E-state index contributed by atoms with van der Waals surface area (Å²) in [5.41, 5.74) is 7.13. The largest absolute Gasteiger partial charge is 0.465 e. The van der Waals surface area contributed by atoms with Gasteiger partial charge in [0.25, 0.3) is 0 Å². The van der Waals surface area contributed by atoms with Crippen molar-refractivity contribution in [2.45, 2.75) is 19.3 Å². The van der Waals surface area contributed by atoms with E-state index in [9.17, 15) is 4.79 Å². The highest BCUT2D eigenvalue weighted by atomic mass is 35.5. The van der Waals surface area contributed by atoms with Crippen LogP contribution in [0.3, 0.4) is 0 Å². The van der Waals surface area contributed by atoms with Gasteiger partial charge in [-0.05, 0) is 31.4 Å². The van der Waals surface area contributed by atoms with E-state index in [1.54, 1.807) is 12.1 Å². The first-order valence-corrected chi connectivity index (χ1v) is 6.88. The van der Waals surface area contributed by atoms with Crippen LogP contribution in [0.5, 0.6) is 0 Å². The van der Waals surface area contributed by atoms with Crippen LogP contribution in [0.25, 0.3) is 0 Å². The first-order valence-electron chi connectivity index (χ1n) is 6.50. The van der Waals surface area contributed by atoms with Gasteiger partial charge in [-0.15, -0.1) is 0 Å². The quantitative estimate of drug-likeness (QED) is 0.459. The molecular weight excluding hydrogens is 280 g/mol. The predicted octanol–water partition coefficient (Wildman–Crippen LogP) is 2.31. The highest BCUT2D eigenvalue weighted by Crippen LogP contribution is 2.32. The Kier molecular flexibility index (Phi) is 6.61. The van der Waals surface area contributed by atoms with Crippen LogP contribution < -0.4 is 10.6 Å². The lowest BCUT2D eigenvalue weighted by Gasteiger charge is -2.23. The fraction of sp³-hybridized carbons (Fsp3) is 0.500. The number of aliphatic hydroxyl groups excluding tert-OH is 1. The number of nitrogens with zero attached hydrogens (tertiary/aromatic N) is 1. The van der Waals surface area contributed by atoms with Crippen molar-refractivity contribution in [3.8, 4) is 0 Å². The van der Waals surface area contributed by atoms with Gasteiger partial charge in [-0.1, -0.05) is 11.6 Å². The van der Waals surface area contributed by atoms with Crippen molar-refractivity contribution in [2.75, 3.05) is 37.9 Å². The molecule has 3 N–H and O–H groups in total. The summed E-state index contributed by atoms with van der Waals surface area (Å²) in [6, 6.07) is 3.19. The van der Waals surface area contributed by atoms with Gasteiger partial charge in [0.05, 0.1) is 23.4 Å². The van der Waals surface area contributed by atoms with E-state index in [0.717, 1.165) is 25.8 Å². The summed E-state index contributed by atoms with van der Waals surface area (Å²) in [5.74, 6) is -0.462. The van der Waals surface area contributed by atoms with Gasteiger partial charge in [0.1, 0.15) is 0 Å². The minimum absolute atomic E-state index is 0.194. The monoisotopic (exact) mass is 300 g/mol. The molecule has 6 heteroatoms. The van der Waals surface area contributed by atoms with E-state index in [0.29, 0.717) is 22.0 Å². The number of hydrogen-bond acceptors (Lipinski definition) is 5. The van der Waals surface area contributed by atoms with Crippen LogP contribution in [0.15, 0.2) is 12.1 Å². The Hall–Kier alpha value is -1.46. The highest BCUT2D eigenvalue weighted by molar-refractivity contribution is 6.34. The number of ether oxygens (including phenoxy) is 1. The van der Waals surface area contributed by atoms with Crippen LogP contribution in [-0.4, -0.2) is 38.4 Å². The fourth-order valence-corrected chi connectivity index (χ4v) is 2.39. The Morgan fingerprint density at radius 2 is 2.10 bits per heavy atom. The summed E-state index contributed by atoms with van der Waals surface area (Å²) < 4.78 is 4.77. The Balaban J connectivity index is 2.94. The van der Waals surface area contributed by atoms with Crippen LogP contribution in [0.2, 0.25) is 5.02 Å². The van der Waals surface area contributed by atoms with Crippen LogP contribution in [-0.2, 0) is 4.74 Å². The molecular formula is C14H21ClN2O3. The molecule has 0 saturated heterocycles. The molecule has 0 radical (unpaired) electrons. The zero-order valence-electron chi connectivity index (χ0n) is 11.9. The number of nitrogens with two attached hydrogens (primary N) is 1. The van der Waals surface area contributed by atoms with Gasteiger partial charge < -0.3 is 20.5 Å². The number of carbonyl (C=O) groups is 1. The Bertz CT molecular complexity index is 466. The molecule has 0 spiro atoms. The zero-order valence-corrected chi connectivity index (χ0v) is 12.6. The van der Waals surface area contributed by atoms with Crippen LogP contribution in [0.1, 0.15) is 29.6 Å². The van der Waals surface area contributed by atoms with Gasteiger partial charge in [0.15, 0.2) is 0 Å². The average molecular weight is 301 g/mol. The summed E-state index contributed by atoms with van der Waals surface area (Å²) >= 11 is 6.20. The maximum atomic E-state index is 11.8. The van der Waals surface area contributed by atoms with E-state index in [4.69, 9.17) is 27.2 Å². The number of hydrogen-bond donors (Lipinski definition) is 2. The Labute approximate surface area is 124 Å². The summed E-state index contributed by atoms with van der Waals surface area (Å²) in [6.07, 6.45) is 2.59. The smallest absolute Gasteiger partial charge is 0.340 e. The maximum Gasteiger partial charge on any atom is 0.340 e. The SMILES string of the molecule is COC(=O)c1cc(N)cc(Cl)c1N(C)CCCCCO. The van der Waals surface area contributed by atoms with Crippen molar-refractivity contribution in [3.63, 3.8) is 0 Å². The van der Waals surface area contributed by atoms with Crippen molar-refractivity contribution in [1.82, 2.24) is 0 Å². The molecule has 5 nitrogen and oxygen atoms in total. The minimum atomic E-state index is -0.462. The molecule has 0 aliphatic carbocycles. The van der Waals surface area contributed by atoms with Crippen molar-refractivity contribution in [3.05, 3.63) is 22.7 Å². The number of methoxy groups -OCH3 is 1. The fourth-order valence-electron chi connectivity index (χ4n) is 2.02. The normalized spacial score (nSPS) is 10.4. The van der Waals surface area contributed by atoms with Gasteiger partial charge in [-0.2, -0.15) is 0 Å². The maximum absolute atomic E-state index is 11.8.